The van der Waals surface area contributed by atoms with Gasteiger partial charge in [-0.15, -0.1) is 11.8 Å². The van der Waals surface area contributed by atoms with Crippen molar-refractivity contribution in [2.75, 3.05) is 6.61 Å². The normalized spacial score (nSPS) is 31.8. The minimum absolute atomic E-state index is 0.0111. The largest absolute Gasteiger partial charge is 0.394 e. The van der Waals surface area contributed by atoms with Crippen LogP contribution in [0.4, 0.5) is 0 Å². The van der Waals surface area contributed by atoms with Crippen LogP contribution in [0.2, 0.25) is 0 Å². The van der Waals surface area contributed by atoms with Crippen molar-refractivity contribution in [3.8, 4) is 0 Å². The highest BCUT2D eigenvalue weighted by Crippen LogP contribution is 2.71. The molecule has 0 radical (unpaired) electrons. The van der Waals surface area contributed by atoms with Gasteiger partial charge in [0.2, 0.25) is 17.7 Å². The first-order chi connectivity index (χ1) is 17.1. The lowest BCUT2D eigenvalue weighted by Gasteiger charge is -2.40. The van der Waals surface area contributed by atoms with Gasteiger partial charge in [-0.1, -0.05) is 51.1 Å². The van der Waals surface area contributed by atoms with Crippen molar-refractivity contribution < 1.29 is 19.5 Å². The Morgan fingerprint density at radius 1 is 1.14 bits per heavy atom. The standard InChI is InChI=1S/C29H43N3O4S/c1-18(16-33)32-22(24(35)31-27(5,6)17-26(2,3)4)29-14-13-28(7,37-29)20(21(29)25(32)36)23(34)30-15-19-11-9-8-10-12-19/h8-12,18,20-22,33H,13-17H2,1-7H3,(H,30,34)(H,31,35)/t18-,20-,21+,22?,28+,29?/m1/s1. The van der Waals surface area contributed by atoms with Gasteiger partial charge in [0.05, 0.1) is 29.2 Å². The van der Waals surface area contributed by atoms with Crippen molar-refractivity contribution in [1.82, 2.24) is 15.5 Å². The van der Waals surface area contributed by atoms with Crippen molar-refractivity contribution in [3.63, 3.8) is 0 Å². The van der Waals surface area contributed by atoms with Gasteiger partial charge in [0.1, 0.15) is 6.04 Å². The molecule has 2 unspecified atom stereocenters. The first-order valence-corrected chi connectivity index (χ1v) is 14.2. The molecule has 3 saturated heterocycles. The van der Waals surface area contributed by atoms with Crippen molar-refractivity contribution >= 4 is 29.5 Å². The quantitative estimate of drug-likeness (QED) is 0.479. The van der Waals surface area contributed by atoms with E-state index in [9.17, 15) is 19.5 Å². The first-order valence-electron chi connectivity index (χ1n) is 13.4. The fourth-order valence-corrected chi connectivity index (χ4v) is 9.64. The highest BCUT2D eigenvalue weighted by atomic mass is 32.2. The molecule has 204 valence electrons. The molecule has 3 aliphatic rings. The second-order valence-electron chi connectivity index (χ2n) is 13.3. The summed E-state index contributed by atoms with van der Waals surface area (Å²) in [6, 6.07) is 8.48. The molecule has 0 aromatic heterocycles. The fraction of sp³-hybridized carbons (Fsp3) is 0.690. The number of aliphatic hydroxyl groups excluding tert-OH is 1. The number of thioether (sulfide) groups is 1. The topological polar surface area (TPSA) is 98.7 Å². The number of carbonyl (C=O) groups excluding carboxylic acids is 3. The molecule has 3 heterocycles. The Bertz CT molecular complexity index is 1050. The maximum atomic E-state index is 14.1. The van der Waals surface area contributed by atoms with E-state index < -0.39 is 39.0 Å². The predicted octanol–water partition coefficient (Wildman–Crippen LogP) is 3.50. The molecule has 37 heavy (non-hydrogen) atoms. The molecule has 3 N–H and O–H groups in total. The molecule has 4 rings (SSSR count). The van der Waals surface area contributed by atoms with E-state index in [-0.39, 0.29) is 29.7 Å². The molecule has 6 atom stereocenters. The summed E-state index contributed by atoms with van der Waals surface area (Å²) in [5, 5.41) is 16.4. The van der Waals surface area contributed by atoms with Gasteiger partial charge >= 0.3 is 0 Å². The van der Waals surface area contributed by atoms with E-state index in [1.165, 1.54) is 0 Å². The molecule has 7 nitrogen and oxygen atoms in total. The van der Waals surface area contributed by atoms with Crippen LogP contribution in [0.5, 0.6) is 0 Å². The summed E-state index contributed by atoms with van der Waals surface area (Å²) < 4.78 is -1.11. The molecule has 3 fully saturated rings. The number of rotatable bonds is 8. The van der Waals surface area contributed by atoms with Gasteiger partial charge in [-0.3, -0.25) is 14.4 Å². The van der Waals surface area contributed by atoms with Crippen LogP contribution < -0.4 is 10.6 Å². The van der Waals surface area contributed by atoms with Gasteiger partial charge in [-0.05, 0) is 57.9 Å². The number of nitrogens with one attached hydrogen (secondary N) is 2. The van der Waals surface area contributed by atoms with Crippen LogP contribution in [-0.4, -0.2) is 61.5 Å². The maximum absolute atomic E-state index is 14.1. The van der Waals surface area contributed by atoms with E-state index in [0.717, 1.165) is 18.4 Å². The SMILES string of the molecule is C[C@H](CO)N1C(=O)[C@@H]2[C@H](C(=O)NCc3ccccc3)[C@]3(C)CCC2(S3)C1C(=O)NC(C)(C)CC(C)(C)C. The van der Waals surface area contributed by atoms with Gasteiger partial charge in [0.15, 0.2) is 0 Å². The minimum Gasteiger partial charge on any atom is -0.394 e. The third kappa shape index (κ3) is 5.03. The van der Waals surface area contributed by atoms with E-state index in [2.05, 4.69) is 38.3 Å². The average molecular weight is 530 g/mol. The van der Waals surface area contributed by atoms with Crippen LogP contribution in [0.25, 0.3) is 0 Å². The van der Waals surface area contributed by atoms with Gasteiger partial charge in [-0.2, -0.15) is 0 Å². The lowest BCUT2D eigenvalue weighted by atomic mass is 9.66. The number of nitrogens with zero attached hydrogens (tertiary/aromatic N) is 1. The molecule has 2 bridgehead atoms. The summed E-state index contributed by atoms with van der Waals surface area (Å²) in [5.41, 5.74) is 0.536. The summed E-state index contributed by atoms with van der Waals surface area (Å²) >= 11 is 1.66. The second kappa shape index (κ2) is 9.60. The number of amides is 3. The summed E-state index contributed by atoms with van der Waals surface area (Å²) in [6.07, 6.45) is 2.23. The smallest absolute Gasteiger partial charge is 0.244 e. The molecule has 3 amide bonds. The molecule has 8 heteroatoms. The van der Waals surface area contributed by atoms with Gasteiger partial charge < -0.3 is 20.6 Å². The summed E-state index contributed by atoms with van der Waals surface area (Å²) in [6.45, 7) is 14.5. The van der Waals surface area contributed by atoms with Crippen LogP contribution in [0, 0.1) is 17.3 Å². The van der Waals surface area contributed by atoms with E-state index in [1.807, 2.05) is 44.2 Å². The van der Waals surface area contributed by atoms with E-state index in [1.54, 1.807) is 23.6 Å². The molecule has 1 spiro atoms. The Hall–Kier alpha value is -2.06. The Labute approximate surface area is 225 Å². The Kier molecular flexibility index (Phi) is 7.25. The molecule has 0 aliphatic carbocycles. The molecular formula is C29H43N3O4S. The van der Waals surface area contributed by atoms with Crippen LogP contribution in [0.15, 0.2) is 30.3 Å². The Morgan fingerprint density at radius 3 is 2.38 bits per heavy atom. The zero-order valence-corrected chi connectivity index (χ0v) is 24.1. The van der Waals surface area contributed by atoms with Crippen molar-refractivity contribution in [2.45, 2.75) is 101 Å². The zero-order valence-electron chi connectivity index (χ0n) is 23.3. The van der Waals surface area contributed by atoms with Crippen LogP contribution in [0.1, 0.15) is 73.3 Å². The summed E-state index contributed by atoms with van der Waals surface area (Å²) in [7, 11) is 0. The summed E-state index contributed by atoms with van der Waals surface area (Å²) in [4.78, 5) is 43.3. The fourth-order valence-electron chi connectivity index (χ4n) is 7.29. The summed E-state index contributed by atoms with van der Waals surface area (Å²) in [5.74, 6) is -1.64. The lowest BCUT2D eigenvalue weighted by molar-refractivity contribution is -0.143. The van der Waals surface area contributed by atoms with Crippen molar-refractivity contribution in [1.29, 1.82) is 0 Å². The third-order valence-corrected chi connectivity index (χ3v) is 10.2. The third-order valence-electron chi connectivity index (χ3n) is 8.23. The number of likely N-dealkylation sites (tertiary alicyclic amines) is 1. The van der Waals surface area contributed by atoms with E-state index in [0.29, 0.717) is 13.0 Å². The zero-order chi connectivity index (χ0) is 27.4. The Morgan fingerprint density at radius 2 is 1.78 bits per heavy atom. The van der Waals surface area contributed by atoms with Gasteiger partial charge in [0, 0.05) is 16.8 Å². The van der Waals surface area contributed by atoms with Crippen molar-refractivity contribution in [3.05, 3.63) is 35.9 Å². The van der Waals surface area contributed by atoms with Gasteiger partial charge in [0.25, 0.3) is 0 Å². The van der Waals surface area contributed by atoms with Crippen LogP contribution >= 0.6 is 11.8 Å². The number of fused-ring (bicyclic) bond motifs is 1. The predicted molar refractivity (Wildman–Crippen MR) is 147 cm³/mol. The molecule has 3 aliphatic heterocycles. The maximum Gasteiger partial charge on any atom is 0.244 e. The van der Waals surface area contributed by atoms with E-state index in [4.69, 9.17) is 0 Å². The van der Waals surface area contributed by atoms with Gasteiger partial charge in [-0.25, -0.2) is 0 Å². The molecule has 1 aromatic carbocycles. The molecular weight excluding hydrogens is 486 g/mol. The number of aliphatic hydroxyl groups is 1. The first kappa shape index (κ1) is 28.0. The number of hydrogen-bond acceptors (Lipinski definition) is 5. The molecule has 1 aromatic rings. The van der Waals surface area contributed by atoms with E-state index >= 15 is 0 Å². The highest BCUT2D eigenvalue weighted by Gasteiger charge is 2.77. The highest BCUT2D eigenvalue weighted by molar-refractivity contribution is 8.02. The number of carbonyl (C=O) groups is 3. The van der Waals surface area contributed by atoms with Crippen LogP contribution in [0.3, 0.4) is 0 Å². The minimum atomic E-state index is -0.731. The Balaban J connectivity index is 1.65. The van der Waals surface area contributed by atoms with Crippen LogP contribution in [-0.2, 0) is 20.9 Å². The lowest BCUT2D eigenvalue weighted by Crippen LogP contribution is -2.59. The number of benzene rings is 1. The molecule has 0 saturated carbocycles. The average Bonchev–Trinajstić information content (AvgIpc) is 3.36. The second-order valence-corrected chi connectivity index (χ2v) is 15.2. The monoisotopic (exact) mass is 529 g/mol. The van der Waals surface area contributed by atoms with Crippen molar-refractivity contribution in [2.24, 2.45) is 17.3 Å². The number of hydrogen-bond donors (Lipinski definition) is 3.